The van der Waals surface area contributed by atoms with Gasteiger partial charge in [0.15, 0.2) is 0 Å². The summed E-state index contributed by atoms with van der Waals surface area (Å²) in [5, 5.41) is 0. The van der Waals surface area contributed by atoms with Crippen LogP contribution in [0.1, 0.15) is 69.8 Å². The second-order valence-corrected chi connectivity index (χ2v) is 7.87. The molecule has 2 nitrogen and oxygen atoms in total. The van der Waals surface area contributed by atoms with Gasteiger partial charge in [0, 0.05) is 0 Å². The molecule has 25 heavy (non-hydrogen) atoms. The molecular formula is C23H34O2. The summed E-state index contributed by atoms with van der Waals surface area (Å²) in [4.78, 5) is 0. The zero-order valence-corrected chi connectivity index (χ0v) is 16.0. The molecule has 0 spiro atoms. The molecule has 1 aromatic carbocycles. The third kappa shape index (κ3) is 5.34. The van der Waals surface area contributed by atoms with E-state index in [4.69, 9.17) is 9.47 Å². The van der Waals surface area contributed by atoms with Crippen molar-refractivity contribution in [3.63, 3.8) is 0 Å². The van der Waals surface area contributed by atoms with Crippen molar-refractivity contribution in [3.05, 3.63) is 42.0 Å². The first-order chi connectivity index (χ1) is 12.3. The van der Waals surface area contributed by atoms with E-state index >= 15 is 0 Å². The fourth-order valence-corrected chi connectivity index (χ4v) is 4.42. The van der Waals surface area contributed by atoms with Crippen LogP contribution in [-0.4, -0.2) is 19.8 Å². The minimum absolute atomic E-state index is 0.368. The second-order valence-electron chi connectivity index (χ2n) is 7.87. The summed E-state index contributed by atoms with van der Waals surface area (Å²) in [7, 11) is 1.73. The summed E-state index contributed by atoms with van der Waals surface area (Å²) in [5.41, 5.74) is 1.47. The quantitative estimate of drug-likeness (QED) is 0.580. The highest BCUT2D eigenvalue weighted by Gasteiger charge is 2.22. The molecule has 1 saturated heterocycles. The molecule has 1 aromatic rings. The molecule has 0 amide bonds. The Bertz CT molecular complexity index is 518. The highest BCUT2D eigenvalue weighted by Crippen LogP contribution is 2.37. The van der Waals surface area contributed by atoms with Crippen LogP contribution in [0.4, 0.5) is 0 Å². The van der Waals surface area contributed by atoms with Crippen LogP contribution in [0, 0.1) is 11.8 Å². The van der Waals surface area contributed by atoms with Gasteiger partial charge in [-0.2, -0.15) is 0 Å². The fourth-order valence-electron chi connectivity index (χ4n) is 4.42. The van der Waals surface area contributed by atoms with Gasteiger partial charge in [-0.15, -0.1) is 0 Å². The molecule has 0 bridgehead atoms. The van der Waals surface area contributed by atoms with E-state index in [2.05, 4.69) is 43.3 Å². The summed E-state index contributed by atoms with van der Waals surface area (Å²) in [6, 6.07) is 8.66. The summed E-state index contributed by atoms with van der Waals surface area (Å²) >= 11 is 0. The van der Waals surface area contributed by atoms with Crippen LogP contribution in [-0.2, 0) is 4.74 Å². The van der Waals surface area contributed by atoms with Crippen LogP contribution in [0.5, 0.6) is 5.75 Å². The maximum atomic E-state index is 6.05. The SMILES string of the molecule is CCCC1CCC(/C=C/C2CCC(c3ccc(OC)cc3)CC2)OC1. The van der Waals surface area contributed by atoms with Gasteiger partial charge in [-0.25, -0.2) is 0 Å². The molecule has 1 heterocycles. The molecule has 0 aromatic heterocycles. The third-order valence-corrected chi connectivity index (χ3v) is 6.06. The molecule has 1 aliphatic carbocycles. The largest absolute Gasteiger partial charge is 0.497 e. The average molecular weight is 343 g/mol. The minimum Gasteiger partial charge on any atom is -0.497 e. The number of hydrogen-bond acceptors (Lipinski definition) is 2. The van der Waals surface area contributed by atoms with Crippen molar-refractivity contribution in [2.75, 3.05) is 13.7 Å². The fraction of sp³-hybridized carbons (Fsp3) is 0.652. The number of rotatable bonds is 6. The van der Waals surface area contributed by atoms with E-state index in [9.17, 15) is 0 Å². The van der Waals surface area contributed by atoms with E-state index in [1.807, 2.05) is 0 Å². The van der Waals surface area contributed by atoms with Crippen LogP contribution >= 0.6 is 0 Å². The van der Waals surface area contributed by atoms with Crippen molar-refractivity contribution in [3.8, 4) is 5.75 Å². The van der Waals surface area contributed by atoms with Gasteiger partial charge in [0.2, 0.25) is 0 Å². The zero-order chi connectivity index (χ0) is 17.5. The standard InChI is InChI=1S/C23H34O2/c1-3-4-19-8-14-23(25-17-19)13-7-18-5-9-20(10-6-18)21-11-15-22(24-2)16-12-21/h7,11-13,15-16,18-20,23H,3-6,8-10,14,17H2,1-2H3/b13-7+. The van der Waals surface area contributed by atoms with Crippen molar-refractivity contribution >= 4 is 0 Å². The molecule has 1 aliphatic heterocycles. The number of allylic oxidation sites excluding steroid dienone is 1. The highest BCUT2D eigenvalue weighted by atomic mass is 16.5. The molecule has 0 radical (unpaired) electrons. The number of benzene rings is 1. The summed E-state index contributed by atoms with van der Waals surface area (Å²) in [5.74, 6) is 3.21. The Hall–Kier alpha value is -1.28. The minimum atomic E-state index is 0.368. The summed E-state index contributed by atoms with van der Waals surface area (Å²) in [6.07, 6.45) is 15.5. The smallest absolute Gasteiger partial charge is 0.118 e. The summed E-state index contributed by atoms with van der Waals surface area (Å²) < 4.78 is 11.3. The number of methoxy groups -OCH3 is 1. The van der Waals surface area contributed by atoms with Gasteiger partial charge in [0.25, 0.3) is 0 Å². The van der Waals surface area contributed by atoms with Crippen molar-refractivity contribution < 1.29 is 9.47 Å². The molecule has 138 valence electrons. The van der Waals surface area contributed by atoms with Crippen LogP contribution in [0.3, 0.4) is 0 Å². The van der Waals surface area contributed by atoms with Crippen LogP contribution in [0.15, 0.2) is 36.4 Å². The van der Waals surface area contributed by atoms with Crippen LogP contribution in [0.2, 0.25) is 0 Å². The maximum absolute atomic E-state index is 6.05. The normalized spacial score (nSPS) is 30.5. The first-order valence-corrected chi connectivity index (χ1v) is 10.2. The van der Waals surface area contributed by atoms with Gasteiger partial charge in [-0.1, -0.05) is 37.6 Å². The van der Waals surface area contributed by atoms with Crippen LogP contribution in [0.25, 0.3) is 0 Å². The van der Waals surface area contributed by atoms with E-state index in [0.29, 0.717) is 6.10 Å². The highest BCUT2D eigenvalue weighted by molar-refractivity contribution is 5.29. The number of ether oxygens (including phenoxy) is 2. The van der Waals surface area contributed by atoms with Gasteiger partial charge in [-0.3, -0.25) is 0 Å². The maximum Gasteiger partial charge on any atom is 0.118 e. The molecule has 2 fully saturated rings. The van der Waals surface area contributed by atoms with E-state index < -0.39 is 0 Å². The Labute approximate surface area is 153 Å². The van der Waals surface area contributed by atoms with E-state index in [-0.39, 0.29) is 0 Å². The van der Waals surface area contributed by atoms with Gasteiger partial charge >= 0.3 is 0 Å². The lowest BCUT2D eigenvalue weighted by molar-refractivity contribution is 0.00806. The molecule has 2 unspecified atom stereocenters. The first kappa shape index (κ1) is 18.5. The predicted octanol–water partition coefficient (Wildman–Crippen LogP) is 6.12. The van der Waals surface area contributed by atoms with Crippen molar-refractivity contribution in [1.82, 2.24) is 0 Å². The van der Waals surface area contributed by atoms with Crippen LogP contribution < -0.4 is 4.74 Å². The van der Waals surface area contributed by atoms with E-state index in [1.165, 1.54) is 56.9 Å². The van der Waals surface area contributed by atoms with Crippen molar-refractivity contribution in [2.24, 2.45) is 11.8 Å². The van der Waals surface area contributed by atoms with E-state index in [0.717, 1.165) is 30.1 Å². The topological polar surface area (TPSA) is 18.5 Å². The Morgan fingerprint density at radius 1 is 1.00 bits per heavy atom. The van der Waals surface area contributed by atoms with E-state index in [1.54, 1.807) is 7.11 Å². The Morgan fingerprint density at radius 2 is 1.76 bits per heavy atom. The molecular weight excluding hydrogens is 308 g/mol. The lowest BCUT2D eigenvalue weighted by Crippen LogP contribution is -2.24. The lowest BCUT2D eigenvalue weighted by Gasteiger charge is -2.29. The average Bonchev–Trinajstić information content (AvgIpc) is 2.68. The second kappa shape index (κ2) is 9.43. The first-order valence-electron chi connectivity index (χ1n) is 10.2. The van der Waals surface area contributed by atoms with Gasteiger partial charge in [-0.05, 0) is 80.4 Å². The zero-order valence-electron chi connectivity index (χ0n) is 16.0. The van der Waals surface area contributed by atoms with Crippen molar-refractivity contribution in [1.29, 1.82) is 0 Å². The molecule has 3 rings (SSSR count). The predicted molar refractivity (Wildman–Crippen MR) is 104 cm³/mol. The van der Waals surface area contributed by atoms with Crippen molar-refractivity contribution in [2.45, 2.75) is 70.3 Å². The Balaban J connectivity index is 1.41. The third-order valence-electron chi connectivity index (χ3n) is 6.06. The molecule has 2 atom stereocenters. The number of hydrogen-bond donors (Lipinski definition) is 0. The monoisotopic (exact) mass is 342 g/mol. The van der Waals surface area contributed by atoms with Gasteiger partial charge in [0.1, 0.15) is 5.75 Å². The summed E-state index contributed by atoms with van der Waals surface area (Å²) in [6.45, 7) is 3.24. The molecule has 0 N–H and O–H groups in total. The Morgan fingerprint density at radius 3 is 2.36 bits per heavy atom. The lowest BCUT2D eigenvalue weighted by atomic mass is 9.78. The van der Waals surface area contributed by atoms with Gasteiger partial charge < -0.3 is 9.47 Å². The molecule has 1 saturated carbocycles. The Kier molecular flexibility index (Phi) is 6.98. The molecule has 2 aliphatic rings. The molecule has 2 heteroatoms. The van der Waals surface area contributed by atoms with Gasteiger partial charge in [0.05, 0.1) is 19.8 Å².